The molecule has 0 bridgehead atoms. The third-order valence-corrected chi connectivity index (χ3v) is 3.44. The molecule has 1 aliphatic carbocycles. The number of aliphatic hydroxyl groups is 1. The van der Waals surface area contributed by atoms with Gasteiger partial charge in [-0.3, -0.25) is 0 Å². The van der Waals surface area contributed by atoms with E-state index in [1.807, 2.05) is 13.0 Å². The monoisotopic (exact) mass is 221 g/mol. The maximum atomic E-state index is 10.5. The van der Waals surface area contributed by atoms with Crippen molar-refractivity contribution >= 4 is 0 Å². The van der Waals surface area contributed by atoms with Gasteiger partial charge in [-0.2, -0.15) is 0 Å². The van der Waals surface area contributed by atoms with Gasteiger partial charge in [0.05, 0.1) is 12.7 Å². The highest BCUT2D eigenvalue weighted by Crippen LogP contribution is 2.37. The van der Waals surface area contributed by atoms with Crippen LogP contribution in [0.15, 0.2) is 12.3 Å². The maximum Gasteiger partial charge on any atom is 0.215 e. The van der Waals surface area contributed by atoms with Gasteiger partial charge in [-0.25, -0.2) is 4.98 Å². The summed E-state index contributed by atoms with van der Waals surface area (Å²) in [5, 5.41) is 10.5. The number of hydrogen-bond donors (Lipinski definition) is 1. The first kappa shape index (κ1) is 11.4. The number of methoxy groups -OCH3 is 1. The Morgan fingerprint density at radius 2 is 2.00 bits per heavy atom. The Hall–Kier alpha value is -1.09. The van der Waals surface area contributed by atoms with Crippen molar-refractivity contribution in [1.82, 2.24) is 4.98 Å². The molecule has 1 aromatic heterocycles. The molecule has 0 aliphatic heterocycles. The maximum absolute atomic E-state index is 10.5. The van der Waals surface area contributed by atoms with E-state index in [9.17, 15) is 5.11 Å². The van der Waals surface area contributed by atoms with Gasteiger partial charge >= 0.3 is 0 Å². The van der Waals surface area contributed by atoms with Crippen LogP contribution in [0.3, 0.4) is 0 Å². The lowest BCUT2D eigenvalue weighted by molar-refractivity contribution is -0.00104. The van der Waals surface area contributed by atoms with Crippen molar-refractivity contribution in [2.45, 2.75) is 44.6 Å². The van der Waals surface area contributed by atoms with Crippen molar-refractivity contribution in [3.63, 3.8) is 0 Å². The third kappa shape index (κ3) is 2.05. The summed E-state index contributed by atoms with van der Waals surface area (Å²) in [4.78, 5) is 4.23. The van der Waals surface area contributed by atoms with Crippen molar-refractivity contribution in [2.75, 3.05) is 7.11 Å². The van der Waals surface area contributed by atoms with Crippen LogP contribution in [-0.4, -0.2) is 17.2 Å². The predicted octanol–water partition coefficient (Wildman–Crippen LogP) is 2.55. The molecule has 1 fully saturated rings. The molecule has 0 unspecified atom stereocenters. The van der Waals surface area contributed by atoms with E-state index in [0.717, 1.165) is 36.8 Å². The summed E-state index contributed by atoms with van der Waals surface area (Å²) in [5.74, 6) is 0.642. The minimum atomic E-state index is -0.664. The Labute approximate surface area is 96.5 Å². The first-order chi connectivity index (χ1) is 7.65. The Balaban J connectivity index is 2.29. The predicted molar refractivity (Wildman–Crippen MR) is 62.5 cm³/mol. The summed E-state index contributed by atoms with van der Waals surface area (Å²) < 4.78 is 5.13. The van der Waals surface area contributed by atoms with Crippen LogP contribution in [0.1, 0.15) is 43.2 Å². The Morgan fingerprint density at radius 3 is 2.56 bits per heavy atom. The van der Waals surface area contributed by atoms with E-state index in [1.54, 1.807) is 13.3 Å². The van der Waals surface area contributed by atoms with Crippen LogP contribution in [0.2, 0.25) is 0 Å². The van der Waals surface area contributed by atoms with E-state index >= 15 is 0 Å². The zero-order valence-corrected chi connectivity index (χ0v) is 9.99. The van der Waals surface area contributed by atoms with Crippen LogP contribution in [-0.2, 0) is 5.60 Å². The molecular weight excluding hydrogens is 202 g/mol. The lowest BCUT2D eigenvalue weighted by Gasteiger charge is -2.32. The summed E-state index contributed by atoms with van der Waals surface area (Å²) >= 11 is 0. The van der Waals surface area contributed by atoms with Crippen LogP contribution >= 0.6 is 0 Å². The van der Waals surface area contributed by atoms with Crippen molar-refractivity contribution in [2.24, 2.45) is 0 Å². The SMILES string of the molecule is COc1ncc(C2(O)CCCCC2)cc1C. The molecule has 1 N–H and O–H groups in total. The normalized spacial score (nSPS) is 19.4. The molecule has 2 rings (SSSR count). The van der Waals surface area contributed by atoms with Gasteiger partial charge in [0, 0.05) is 17.3 Å². The van der Waals surface area contributed by atoms with Crippen LogP contribution in [0.25, 0.3) is 0 Å². The first-order valence-electron chi connectivity index (χ1n) is 5.89. The van der Waals surface area contributed by atoms with Gasteiger partial charge in [-0.15, -0.1) is 0 Å². The fourth-order valence-electron chi connectivity index (χ4n) is 2.46. The molecule has 88 valence electrons. The van der Waals surface area contributed by atoms with E-state index in [2.05, 4.69) is 4.98 Å². The molecular formula is C13H19NO2. The molecule has 1 aromatic rings. The smallest absolute Gasteiger partial charge is 0.215 e. The van der Waals surface area contributed by atoms with Gasteiger partial charge in [0.25, 0.3) is 0 Å². The molecule has 1 saturated carbocycles. The number of aryl methyl sites for hydroxylation is 1. The Bertz CT molecular complexity index is 370. The van der Waals surface area contributed by atoms with E-state index in [-0.39, 0.29) is 0 Å². The quantitative estimate of drug-likeness (QED) is 0.834. The van der Waals surface area contributed by atoms with Crippen molar-refractivity contribution in [3.8, 4) is 5.88 Å². The molecule has 0 saturated heterocycles. The molecule has 16 heavy (non-hydrogen) atoms. The number of hydrogen-bond acceptors (Lipinski definition) is 3. The van der Waals surface area contributed by atoms with Crippen LogP contribution < -0.4 is 4.74 Å². The number of rotatable bonds is 2. The van der Waals surface area contributed by atoms with Crippen LogP contribution in [0.4, 0.5) is 0 Å². The molecule has 0 radical (unpaired) electrons. The Morgan fingerprint density at radius 1 is 1.31 bits per heavy atom. The second-order valence-corrected chi connectivity index (χ2v) is 4.64. The first-order valence-corrected chi connectivity index (χ1v) is 5.89. The largest absolute Gasteiger partial charge is 0.481 e. The highest BCUT2D eigenvalue weighted by molar-refractivity contribution is 5.31. The average molecular weight is 221 g/mol. The molecule has 0 atom stereocenters. The fraction of sp³-hybridized carbons (Fsp3) is 0.615. The zero-order valence-electron chi connectivity index (χ0n) is 9.99. The lowest BCUT2D eigenvalue weighted by Crippen LogP contribution is -2.28. The minimum absolute atomic E-state index is 0.642. The minimum Gasteiger partial charge on any atom is -0.481 e. The summed E-state index contributed by atoms with van der Waals surface area (Å²) in [6, 6.07) is 2.00. The second-order valence-electron chi connectivity index (χ2n) is 4.64. The van der Waals surface area contributed by atoms with Gasteiger partial charge in [0.15, 0.2) is 0 Å². The van der Waals surface area contributed by atoms with Crippen LogP contribution in [0.5, 0.6) is 5.88 Å². The van der Waals surface area contributed by atoms with Gasteiger partial charge in [0.2, 0.25) is 5.88 Å². The highest BCUT2D eigenvalue weighted by atomic mass is 16.5. The van der Waals surface area contributed by atoms with E-state index in [4.69, 9.17) is 4.74 Å². The molecule has 1 aliphatic rings. The van der Waals surface area contributed by atoms with E-state index in [1.165, 1.54) is 6.42 Å². The molecule has 0 amide bonds. The number of pyridine rings is 1. The van der Waals surface area contributed by atoms with Crippen molar-refractivity contribution < 1.29 is 9.84 Å². The molecule has 3 nitrogen and oxygen atoms in total. The number of nitrogens with zero attached hydrogens (tertiary/aromatic N) is 1. The van der Waals surface area contributed by atoms with Crippen molar-refractivity contribution in [1.29, 1.82) is 0 Å². The Kier molecular flexibility index (Phi) is 3.15. The zero-order chi connectivity index (χ0) is 11.6. The summed E-state index contributed by atoms with van der Waals surface area (Å²) in [7, 11) is 1.62. The van der Waals surface area contributed by atoms with Crippen molar-refractivity contribution in [3.05, 3.63) is 23.4 Å². The molecule has 1 heterocycles. The topological polar surface area (TPSA) is 42.4 Å². The average Bonchev–Trinajstić information content (AvgIpc) is 2.30. The molecule has 3 heteroatoms. The van der Waals surface area contributed by atoms with Gasteiger partial charge in [0.1, 0.15) is 0 Å². The summed E-state index contributed by atoms with van der Waals surface area (Å²) in [5.41, 5.74) is 1.26. The van der Waals surface area contributed by atoms with Gasteiger partial charge in [-0.05, 0) is 25.8 Å². The summed E-state index contributed by atoms with van der Waals surface area (Å²) in [6.45, 7) is 1.96. The van der Waals surface area contributed by atoms with E-state index < -0.39 is 5.60 Å². The van der Waals surface area contributed by atoms with Crippen LogP contribution in [0, 0.1) is 6.92 Å². The molecule has 0 aromatic carbocycles. The number of aromatic nitrogens is 1. The fourth-order valence-corrected chi connectivity index (χ4v) is 2.46. The van der Waals surface area contributed by atoms with E-state index in [0.29, 0.717) is 5.88 Å². The van der Waals surface area contributed by atoms with Gasteiger partial charge in [-0.1, -0.05) is 19.3 Å². The van der Waals surface area contributed by atoms with Gasteiger partial charge < -0.3 is 9.84 Å². The number of ether oxygens (including phenoxy) is 1. The highest BCUT2D eigenvalue weighted by Gasteiger charge is 2.31. The standard InChI is InChI=1S/C13H19NO2/c1-10-8-11(9-14-12(10)16-2)13(15)6-4-3-5-7-13/h8-9,15H,3-7H2,1-2H3. The third-order valence-electron chi connectivity index (χ3n) is 3.44. The summed E-state index contributed by atoms with van der Waals surface area (Å²) in [6.07, 6.45) is 6.87. The second kappa shape index (κ2) is 4.42. The lowest BCUT2D eigenvalue weighted by atomic mass is 9.80. The molecule has 0 spiro atoms.